The number of aromatic nitrogens is 2. The van der Waals surface area contributed by atoms with Crippen LogP contribution in [0.1, 0.15) is 18.1 Å². The molecule has 0 saturated heterocycles. The second-order valence-corrected chi connectivity index (χ2v) is 6.44. The van der Waals surface area contributed by atoms with Crippen molar-refractivity contribution < 1.29 is 9.47 Å². The molecule has 29 heavy (non-hydrogen) atoms. The molecule has 0 fully saturated rings. The molecule has 2 aromatic carbocycles. The zero-order valence-corrected chi connectivity index (χ0v) is 17.1. The third-order valence-corrected chi connectivity index (χ3v) is 4.36. The number of guanidine groups is 1. The number of rotatable bonds is 8. The molecule has 0 amide bonds. The molecule has 0 bridgehead atoms. The van der Waals surface area contributed by atoms with Crippen molar-refractivity contribution in [3.8, 4) is 11.5 Å². The van der Waals surface area contributed by atoms with Crippen molar-refractivity contribution in [2.24, 2.45) is 4.99 Å². The fourth-order valence-electron chi connectivity index (χ4n) is 2.87. The Kier molecular flexibility index (Phi) is 7.10. The second-order valence-electron chi connectivity index (χ2n) is 6.44. The first-order valence-corrected chi connectivity index (χ1v) is 9.52. The predicted molar refractivity (Wildman–Crippen MR) is 116 cm³/mol. The van der Waals surface area contributed by atoms with Crippen LogP contribution in [0.25, 0.3) is 0 Å². The fraction of sp³-hybridized carbons (Fsp3) is 0.273. The molecule has 1 heterocycles. The minimum absolute atomic E-state index is 0.577. The topological polar surface area (TPSA) is 72.7 Å². The van der Waals surface area contributed by atoms with Crippen LogP contribution in [0, 0.1) is 0 Å². The summed E-state index contributed by atoms with van der Waals surface area (Å²) >= 11 is 0. The number of hydrogen-bond donors (Lipinski definition) is 2. The number of hydrogen-bond acceptors (Lipinski definition) is 4. The van der Waals surface area contributed by atoms with Gasteiger partial charge in [-0.2, -0.15) is 0 Å². The summed E-state index contributed by atoms with van der Waals surface area (Å²) in [6.45, 7) is 4.20. The van der Waals surface area contributed by atoms with E-state index in [0.717, 1.165) is 24.3 Å². The van der Waals surface area contributed by atoms with Crippen molar-refractivity contribution >= 4 is 11.6 Å². The lowest BCUT2D eigenvalue weighted by molar-refractivity contribution is 0.355. The van der Waals surface area contributed by atoms with Crippen LogP contribution in [0.4, 0.5) is 5.69 Å². The van der Waals surface area contributed by atoms with Gasteiger partial charge in [-0.3, -0.25) is 0 Å². The van der Waals surface area contributed by atoms with Gasteiger partial charge in [-0.15, -0.1) is 0 Å². The lowest BCUT2D eigenvalue weighted by Crippen LogP contribution is -2.30. The first-order chi connectivity index (χ1) is 14.2. The summed E-state index contributed by atoms with van der Waals surface area (Å²) in [6, 6.07) is 14.1. The Balaban J connectivity index is 1.65. The van der Waals surface area contributed by atoms with E-state index in [1.807, 2.05) is 42.2 Å². The normalized spacial score (nSPS) is 11.2. The number of ether oxygens (including phenoxy) is 2. The zero-order chi connectivity index (χ0) is 20.5. The first-order valence-electron chi connectivity index (χ1n) is 9.52. The molecule has 2 N–H and O–H groups in total. The largest absolute Gasteiger partial charge is 0.493 e. The molecule has 152 valence electrons. The number of anilines is 1. The standard InChI is InChI=1S/C22H27N5O2/c1-4-24-22(26-19-9-10-20(28-2)21(13-19)29-3)25-14-17-5-7-18(8-6-17)15-27-12-11-23-16-27/h5-13,16H,4,14-15H2,1-3H3,(H2,24,25,26). The Morgan fingerprint density at radius 2 is 1.79 bits per heavy atom. The monoisotopic (exact) mass is 393 g/mol. The van der Waals surface area contributed by atoms with E-state index in [2.05, 4.69) is 44.9 Å². The van der Waals surface area contributed by atoms with Crippen molar-refractivity contribution in [1.82, 2.24) is 14.9 Å². The van der Waals surface area contributed by atoms with Crippen molar-refractivity contribution in [1.29, 1.82) is 0 Å². The molecule has 1 aromatic heterocycles. The van der Waals surface area contributed by atoms with Crippen LogP contribution in [0.3, 0.4) is 0 Å². The van der Waals surface area contributed by atoms with E-state index >= 15 is 0 Å². The minimum Gasteiger partial charge on any atom is -0.493 e. The highest BCUT2D eigenvalue weighted by Gasteiger charge is 2.06. The molecule has 0 saturated carbocycles. The molecule has 7 heteroatoms. The third-order valence-electron chi connectivity index (χ3n) is 4.36. The molecule has 0 spiro atoms. The maximum absolute atomic E-state index is 5.37. The van der Waals surface area contributed by atoms with E-state index in [4.69, 9.17) is 9.47 Å². The van der Waals surface area contributed by atoms with Gasteiger partial charge in [0, 0.05) is 37.2 Å². The van der Waals surface area contributed by atoms with E-state index in [0.29, 0.717) is 24.0 Å². The fourth-order valence-corrected chi connectivity index (χ4v) is 2.87. The summed E-state index contributed by atoms with van der Waals surface area (Å²) in [5, 5.41) is 6.58. The van der Waals surface area contributed by atoms with E-state index in [-0.39, 0.29) is 0 Å². The molecule has 0 radical (unpaired) electrons. The Labute approximate surface area is 171 Å². The summed E-state index contributed by atoms with van der Waals surface area (Å²) in [5.74, 6) is 2.07. The quantitative estimate of drug-likeness (QED) is 0.452. The van der Waals surface area contributed by atoms with Gasteiger partial charge in [-0.1, -0.05) is 24.3 Å². The highest BCUT2D eigenvalue weighted by molar-refractivity contribution is 5.93. The van der Waals surface area contributed by atoms with Crippen LogP contribution in [0.2, 0.25) is 0 Å². The van der Waals surface area contributed by atoms with Crippen LogP contribution < -0.4 is 20.1 Å². The third kappa shape index (κ3) is 5.75. The number of benzene rings is 2. The van der Waals surface area contributed by atoms with Gasteiger partial charge < -0.3 is 24.7 Å². The molecule has 0 aliphatic rings. The van der Waals surface area contributed by atoms with Crippen LogP contribution in [0.5, 0.6) is 11.5 Å². The minimum atomic E-state index is 0.577. The van der Waals surface area contributed by atoms with Gasteiger partial charge in [0.2, 0.25) is 0 Å². The highest BCUT2D eigenvalue weighted by atomic mass is 16.5. The second kappa shape index (κ2) is 10.2. The van der Waals surface area contributed by atoms with Gasteiger partial charge in [0.1, 0.15) is 0 Å². The van der Waals surface area contributed by atoms with E-state index in [1.165, 1.54) is 5.56 Å². The van der Waals surface area contributed by atoms with Crippen LogP contribution in [0.15, 0.2) is 66.2 Å². The van der Waals surface area contributed by atoms with E-state index in [1.54, 1.807) is 20.4 Å². The average Bonchev–Trinajstić information content (AvgIpc) is 3.26. The van der Waals surface area contributed by atoms with Crippen LogP contribution >= 0.6 is 0 Å². The summed E-state index contributed by atoms with van der Waals surface area (Å²) in [4.78, 5) is 8.76. The summed E-state index contributed by atoms with van der Waals surface area (Å²) in [6.07, 6.45) is 5.57. The molecule has 0 atom stereocenters. The Morgan fingerprint density at radius 1 is 1.03 bits per heavy atom. The molecule has 0 unspecified atom stereocenters. The maximum Gasteiger partial charge on any atom is 0.196 e. The van der Waals surface area contributed by atoms with Gasteiger partial charge in [-0.25, -0.2) is 9.98 Å². The zero-order valence-electron chi connectivity index (χ0n) is 17.1. The number of nitrogens with one attached hydrogen (secondary N) is 2. The number of aliphatic imine (C=N–C) groups is 1. The Morgan fingerprint density at radius 3 is 2.45 bits per heavy atom. The van der Waals surface area contributed by atoms with E-state index in [9.17, 15) is 0 Å². The molecule has 0 aliphatic carbocycles. The Hall–Kier alpha value is -3.48. The van der Waals surface area contributed by atoms with E-state index < -0.39 is 0 Å². The van der Waals surface area contributed by atoms with Crippen molar-refractivity contribution in [3.63, 3.8) is 0 Å². The molecular weight excluding hydrogens is 366 g/mol. The van der Waals surface area contributed by atoms with Gasteiger partial charge in [-0.05, 0) is 30.2 Å². The number of methoxy groups -OCH3 is 2. The van der Waals surface area contributed by atoms with Gasteiger partial charge in [0.15, 0.2) is 17.5 Å². The van der Waals surface area contributed by atoms with Gasteiger partial charge in [0.25, 0.3) is 0 Å². The molecule has 3 rings (SSSR count). The lowest BCUT2D eigenvalue weighted by atomic mass is 10.1. The van der Waals surface area contributed by atoms with Crippen LogP contribution in [-0.2, 0) is 13.1 Å². The van der Waals surface area contributed by atoms with Gasteiger partial charge >= 0.3 is 0 Å². The van der Waals surface area contributed by atoms with Crippen molar-refractivity contribution in [2.45, 2.75) is 20.0 Å². The summed E-state index contributed by atoms with van der Waals surface area (Å²) < 4.78 is 12.7. The predicted octanol–water partition coefficient (Wildman–Crippen LogP) is 3.53. The van der Waals surface area contributed by atoms with Crippen LogP contribution in [-0.4, -0.2) is 36.3 Å². The van der Waals surface area contributed by atoms with Crippen molar-refractivity contribution in [2.75, 3.05) is 26.1 Å². The van der Waals surface area contributed by atoms with Crippen molar-refractivity contribution in [3.05, 3.63) is 72.3 Å². The number of imidazole rings is 1. The van der Waals surface area contributed by atoms with Gasteiger partial charge in [0.05, 0.1) is 27.1 Å². The SMILES string of the molecule is CCNC(=NCc1ccc(Cn2ccnc2)cc1)Nc1ccc(OC)c(OC)c1. The Bertz CT molecular complexity index is 921. The summed E-state index contributed by atoms with van der Waals surface area (Å²) in [5.41, 5.74) is 3.24. The molecule has 3 aromatic rings. The molecular formula is C22H27N5O2. The number of nitrogens with zero attached hydrogens (tertiary/aromatic N) is 3. The first kappa shape index (κ1) is 20.3. The highest BCUT2D eigenvalue weighted by Crippen LogP contribution is 2.29. The lowest BCUT2D eigenvalue weighted by Gasteiger charge is -2.14. The molecule has 0 aliphatic heterocycles. The average molecular weight is 393 g/mol. The smallest absolute Gasteiger partial charge is 0.196 e. The molecule has 7 nitrogen and oxygen atoms in total. The summed E-state index contributed by atoms with van der Waals surface area (Å²) in [7, 11) is 3.24. The maximum atomic E-state index is 5.37.